The van der Waals surface area contributed by atoms with Crippen LogP contribution in [0.3, 0.4) is 0 Å². The zero-order valence-electron chi connectivity index (χ0n) is 14.3. The molecule has 120 valence electrons. The van der Waals surface area contributed by atoms with E-state index in [1.54, 1.807) is 0 Å². The molecule has 0 spiro atoms. The summed E-state index contributed by atoms with van der Waals surface area (Å²) in [5.74, 6) is 1.72. The average Bonchev–Trinajstić information content (AvgIpc) is 2.47. The molecule has 0 bridgehead atoms. The van der Waals surface area contributed by atoms with Crippen LogP contribution in [0.2, 0.25) is 0 Å². The van der Waals surface area contributed by atoms with Crippen molar-refractivity contribution >= 4 is 0 Å². The second-order valence-electron chi connectivity index (χ2n) is 6.31. The molecule has 0 saturated heterocycles. The van der Waals surface area contributed by atoms with Crippen LogP contribution in [0.15, 0.2) is 24.3 Å². The predicted molar refractivity (Wildman–Crippen MR) is 92.0 cm³/mol. The Hall–Kier alpha value is -1.02. The second kappa shape index (κ2) is 10.7. The van der Waals surface area contributed by atoms with Gasteiger partial charge in [0.05, 0.1) is 6.61 Å². The van der Waals surface area contributed by atoms with Crippen molar-refractivity contribution in [2.24, 2.45) is 5.92 Å². The number of rotatable bonds is 11. The Morgan fingerprint density at radius 2 is 1.81 bits per heavy atom. The van der Waals surface area contributed by atoms with E-state index in [0.717, 1.165) is 25.3 Å². The van der Waals surface area contributed by atoms with Gasteiger partial charge in [-0.2, -0.15) is 0 Å². The minimum atomic E-state index is 0.349. The number of ether oxygens (including phenoxy) is 1. The van der Waals surface area contributed by atoms with Gasteiger partial charge in [0, 0.05) is 11.6 Å². The number of unbranched alkanes of at least 4 members (excludes halogenated alkanes) is 3. The van der Waals surface area contributed by atoms with E-state index >= 15 is 0 Å². The molecule has 0 heterocycles. The lowest BCUT2D eigenvalue weighted by atomic mass is 10.1. The standard InChI is InChI=1S/C19H33NO/c1-5-6-7-10-14-20-17(4)18-11-8-9-12-19(18)21-15-13-16(2)3/h8-9,11-12,16-17,20H,5-7,10,13-15H2,1-4H3. The van der Waals surface area contributed by atoms with Crippen LogP contribution in [0, 0.1) is 5.92 Å². The number of hydrogen-bond donors (Lipinski definition) is 1. The van der Waals surface area contributed by atoms with Crippen LogP contribution in [0.4, 0.5) is 0 Å². The van der Waals surface area contributed by atoms with E-state index in [1.807, 2.05) is 0 Å². The molecule has 0 aliphatic carbocycles. The number of hydrogen-bond acceptors (Lipinski definition) is 2. The molecule has 1 rings (SSSR count). The van der Waals surface area contributed by atoms with Gasteiger partial charge in [0.1, 0.15) is 5.75 Å². The lowest BCUT2D eigenvalue weighted by Gasteiger charge is -2.18. The van der Waals surface area contributed by atoms with Gasteiger partial charge in [-0.3, -0.25) is 0 Å². The molecule has 0 aromatic heterocycles. The molecule has 0 amide bonds. The molecule has 1 aromatic rings. The molecule has 1 atom stereocenters. The van der Waals surface area contributed by atoms with Gasteiger partial charge in [-0.05, 0) is 38.3 Å². The van der Waals surface area contributed by atoms with E-state index in [1.165, 1.54) is 31.2 Å². The molecule has 1 unspecified atom stereocenters. The first-order valence-electron chi connectivity index (χ1n) is 8.60. The highest BCUT2D eigenvalue weighted by atomic mass is 16.5. The fraction of sp³-hybridized carbons (Fsp3) is 0.684. The van der Waals surface area contributed by atoms with Crippen molar-refractivity contribution in [1.29, 1.82) is 0 Å². The number of benzene rings is 1. The summed E-state index contributed by atoms with van der Waals surface area (Å²) < 4.78 is 5.97. The fourth-order valence-corrected chi connectivity index (χ4v) is 2.35. The van der Waals surface area contributed by atoms with E-state index in [4.69, 9.17) is 4.74 Å². The highest BCUT2D eigenvalue weighted by molar-refractivity contribution is 5.35. The van der Waals surface area contributed by atoms with Crippen LogP contribution >= 0.6 is 0 Å². The molecular formula is C19H33NO. The maximum absolute atomic E-state index is 5.97. The summed E-state index contributed by atoms with van der Waals surface area (Å²) in [6.07, 6.45) is 6.32. The van der Waals surface area contributed by atoms with Crippen molar-refractivity contribution < 1.29 is 4.74 Å². The molecule has 2 nitrogen and oxygen atoms in total. The molecule has 0 fully saturated rings. The van der Waals surface area contributed by atoms with Crippen molar-refractivity contribution in [3.8, 4) is 5.75 Å². The Morgan fingerprint density at radius 3 is 2.52 bits per heavy atom. The molecule has 0 aliphatic heterocycles. The van der Waals surface area contributed by atoms with Crippen molar-refractivity contribution in [3.63, 3.8) is 0 Å². The maximum Gasteiger partial charge on any atom is 0.124 e. The Labute approximate surface area is 131 Å². The summed E-state index contributed by atoms with van der Waals surface area (Å²) in [4.78, 5) is 0. The molecule has 21 heavy (non-hydrogen) atoms. The van der Waals surface area contributed by atoms with E-state index in [2.05, 4.69) is 57.3 Å². The predicted octanol–water partition coefficient (Wildman–Crippen LogP) is 5.34. The Balaban J connectivity index is 2.44. The van der Waals surface area contributed by atoms with E-state index < -0.39 is 0 Å². The maximum atomic E-state index is 5.97. The van der Waals surface area contributed by atoms with Crippen molar-refractivity contribution in [2.45, 2.75) is 65.8 Å². The first-order chi connectivity index (χ1) is 10.1. The van der Waals surface area contributed by atoms with Crippen LogP contribution in [-0.2, 0) is 0 Å². The van der Waals surface area contributed by atoms with Crippen LogP contribution in [0.25, 0.3) is 0 Å². The zero-order chi connectivity index (χ0) is 15.5. The third-order valence-electron chi connectivity index (χ3n) is 3.82. The zero-order valence-corrected chi connectivity index (χ0v) is 14.3. The van der Waals surface area contributed by atoms with Gasteiger partial charge in [-0.25, -0.2) is 0 Å². The van der Waals surface area contributed by atoms with Gasteiger partial charge >= 0.3 is 0 Å². The summed E-state index contributed by atoms with van der Waals surface area (Å²) in [6.45, 7) is 10.8. The van der Waals surface area contributed by atoms with Gasteiger partial charge in [0.15, 0.2) is 0 Å². The molecule has 0 saturated carbocycles. The smallest absolute Gasteiger partial charge is 0.124 e. The van der Waals surface area contributed by atoms with Gasteiger partial charge < -0.3 is 10.1 Å². The van der Waals surface area contributed by atoms with E-state index in [0.29, 0.717) is 12.0 Å². The topological polar surface area (TPSA) is 21.3 Å². The normalized spacial score (nSPS) is 12.6. The average molecular weight is 291 g/mol. The lowest BCUT2D eigenvalue weighted by Crippen LogP contribution is -2.20. The van der Waals surface area contributed by atoms with Gasteiger partial charge in [0.25, 0.3) is 0 Å². The number of nitrogens with one attached hydrogen (secondary N) is 1. The summed E-state index contributed by atoms with van der Waals surface area (Å²) in [6, 6.07) is 8.77. The minimum absolute atomic E-state index is 0.349. The fourth-order valence-electron chi connectivity index (χ4n) is 2.35. The Bertz CT molecular complexity index is 376. The SMILES string of the molecule is CCCCCCNC(C)c1ccccc1OCCC(C)C. The third kappa shape index (κ3) is 7.52. The third-order valence-corrected chi connectivity index (χ3v) is 3.82. The summed E-state index contributed by atoms with van der Waals surface area (Å²) in [5, 5.41) is 3.62. The minimum Gasteiger partial charge on any atom is -0.493 e. The van der Waals surface area contributed by atoms with Crippen molar-refractivity contribution in [3.05, 3.63) is 29.8 Å². The van der Waals surface area contributed by atoms with Crippen LogP contribution in [0.1, 0.15) is 71.4 Å². The number of para-hydroxylation sites is 1. The van der Waals surface area contributed by atoms with Crippen LogP contribution in [-0.4, -0.2) is 13.2 Å². The molecule has 0 aliphatic rings. The van der Waals surface area contributed by atoms with Gasteiger partial charge in [0.2, 0.25) is 0 Å². The van der Waals surface area contributed by atoms with Crippen LogP contribution in [0.5, 0.6) is 5.75 Å². The highest BCUT2D eigenvalue weighted by Crippen LogP contribution is 2.25. The molecular weight excluding hydrogens is 258 g/mol. The largest absolute Gasteiger partial charge is 0.493 e. The van der Waals surface area contributed by atoms with Gasteiger partial charge in [-0.1, -0.05) is 58.2 Å². The van der Waals surface area contributed by atoms with Crippen LogP contribution < -0.4 is 10.1 Å². The Kier molecular flexibility index (Phi) is 9.16. The first kappa shape index (κ1) is 18.0. The van der Waals surface area contributed by atoms with E-state index in [-0.39, 0.29) is 0 Å². The molecule has 0 radical (unpaired) electrons. The van der Waals surface area contributed by atoms with Crippen molar-refractivity contribution in [2.75, 3.05) is 13.2 Å². The molecule has 1 N–H and O–H groups in total. The summed E-state index contributed by atoms with van der Waals surface area (Å²) >= 11 is 0. The summed E-state index contributed by atoms with van der Waals surface area (Å²) in [5.41, 5.74) is 1.27. The van der Waals surface area contributed by atoms with E-state index in [9.17, 15) is 0 Å². The van der Waals surface area contributed by atoms with Gasteiger partial charge in [-0.15, -0.1) is 0 Å². The molecule has 2 heteroatoms. The monoisotopic (exact) mass is 291 g/mol. The first-order valence-corrected chi connectivity index (χ1v) is 8.60. The van der Waals surface area contributed by atoms with Crippen molar-refractivity contribution in [1.82, 2.24) is 5.32 Å². The lowest BCUT2D eigenvalue weighted by molar-refractivity contribution is 0.284. The molecule has 1 aromatic carbocycles. The second-order valence-corrected chi connectivity index (χ2v) is 6.31. The Morgan fingerprint density at radius 1 is 1.05 bits per heavy atom. The highest BCUT2D eigenvalue weighted by Gasteiger charge is 2.10. The quantitative estimate of drug-likeness (QED) is 0.555. The summed E-state index contributed by atoms with van der Waals surface area (Å²) in [7, 11) is 0.